The molecule has 0 saturated carbocycles. The van der Waals surface area contributed by atoms with Crippen molar-refractivity contribution in [2.75, 3.05) is 0 Å². The first-order valence-corrected chi connectivity index (χ1v) is 19.7. The van der Waals surface area contributed by atoms with Gasteiger partial charge < -0.3 is 4.42 Å². The van der Waals surface area contributed by atoms with E-state index >= 15 is 0 Å². The van der Waals surface area contributed by atoms with E-state index in [4.69, 9.17) is 14.4 Å². The predicted molar refractivity (Wildman–Crippen MR) is 236 cm³/mol. The van der Waals surface area contributed by atoms with E-state index in [2.05, 4.69) is 176 Å². The fourth-order valence-corrected chi connectivity index (χ4v) is 9.71. The van der Waals surface area contributed by atoms with Gasteiger partial charge in [0, 0.05) is 32.0 Å². The number of thiophene rings is 1. The molecule has 0 fully saturated rings. The van der Waals surface area contributed by atoms with Crippen molar-refractivity contribution in [3.63, 3.8) is 0 Å². The van der Waals surface area contributed by atoms with Gasteiger partial charge in [0.1, 0.15) is 11.2 Å². The van der Waals surface area contributed by atoms with Gasteiger partial charge in [0.2, 0.25) is 0 Å². The molecule has 0 atom stereocenters. The molecule has 12 aromatic rings. The maximum Gasteiger partial charge on any atom is 0.161 e. The van der Waals surface area contributed by atoms with Crippen molar-refractivity contribution in [1.82, 2.24) is 9.97 Å². The summed E-state index contributed by atoms with van der Waals surface area (Å²) in [6, 6.07) is 64.9. The predicted octanol–water partition coefficient (Wildman–Crippen LogP) is 14.9. The highest BCUT2D eigenvalue weighted by molar-refractivity contribution is 7.26. The highest BCUT2D eigenvalue weighted by Gasteiger charge is 2.23. The Morgan fingerprint density at radius 2 is 1.04 bits per heavy atom. The molecule has 12 rings (SSSR count). The molecule has 0 radical (unpaired) electrons. The van der Waals surface area contributed by atoms with Gasteiger partial charge in [0.25, 0.3) is 0 Å². The molecule has 260 valence electrons. The molecular formula is C52H30N2OS. The molecule has 0 bridgehead atoms. The summed E-state index contributed by atoms with van der Waals surface area (Å²) in [6.07, 6.45) is 0. The molecule has 4 heteroatoms. The topological polar surface area (TPSA) is 38.9 Å². The maximum atomic E-state index is 6.66. The molecule has 3 aromatic heterocycles. The molecule has 9 aromatic carbocycles. The van der Waals surface area contributed by atoms with Gasteiger partial charge in [-0.15, -0.1) is 11.3 Å². The average molecular weight is 731 g/mol. The van der Waals surface area contributed by atoms with Gasteiger partial charge in [-0.1, -0.05) is 146 Å². The number of aromatic nitrogens is 2. The van der Waals surface area contributed by atoms with Gasteiger partial charge in [0.15, 0.2) is 5.82 Å². The van der Waals surface area contributed by atoms with Crippen molar-refractivity contribution in [1.29, 1.82) is 0 Å². The third-order valence-electron chi connectivity index (χ3n) is 11.3. The van der Waals surface area contributed by atoms with Gasteiger partial charge in [-0.3, -0.25) is 0 Å². The number of hydrogen-bond donors (Lipinski definition) is 0. The number of furan rings is 1. The molecule has 0 aliphatic carbocycles. The Kier molecular flexibility index (Phi) is 6.80. The Labute approximate surface area is 325 Å². The minimum Gasteiger partial charge on any atom is -0.456 e. The van der Waals surface area contributed by atoms with Crippen molar-refractivity contribution < 1.29 is 4.42 Å². The van der Waals surface area contributed by atoms with Crippen LogP contribution < -0.4 is 0 Å². The summed E-state index contributed by atoms with van der Waals surface area (Å²) < 4.78 is 8.91. The standard InChI is InChI=1S/C52H30N2OS/c1-2-12-34-27-35(26-25-31(34)11-1)32-21-23-33(24-22-32)37-29-44(48-41-17-7-9-19-45(41)55-46(48)30-37)50-51-49(42-18-8-10-20-47(42)56-51)53-52(54-50)43-28-36-13-3-4-14-38(36)39-15-5-6-16-40(39)43/h1-30H. The monoisotopic (exact) mass is 730 g/mol. The Morgan fingerprint density at radius 1 is 0.393 bits per heavy atom. The van der Waals surface area contributed by atoms with Crippen molar-refractivity contribution in [3.05, 3.63) is 182 Å². The summed E-state index contributed by atoms with van der Waals surface area (Å²) in [7, 11) is 0. The number of benzene rings is 9. The first-order chi connectivity index (χ1) is 27.7. The molecule has 0 spiro atoms. The molecule has 0 aliphatic heterocycles. The quantitative estimate of drug-likeness (QED) is 0.169. The molecule has 0 aliphatic rings. The molecule has 0 N–H and O–H groups in total. The van der Waals surface area contributed by atoms with Crippen LogP contribution >= 0.6 is 11.3 Å². The third kappa shape index (κ3) is 4.83. The van der Waals surface area contributed by atoms with Crippen molar-refractivity contribution in [3.8, 4) is 44.9 Å². The summed E-state index contributed by atoms with van der Waals surface area (Å²) in [5, 5.41) is 10.5. The van der Waals surface area contributed by atoms with Crippen LogP contribution in [0.15, 0.2) is 186 Å². The SMILES string of the molecule is c1ccc2cc(-c3ccc(-c4cc(-c5nc(-c6cc7ccccc7c7ccccc67)nc6c5sc5ccccc56)c5c(c4)oc4ccccc45)cc3)ccc2c1. The Balaban J connectivity index is 1.12. The van der Waals surface area contributed by atoms with E-state index in [0.717, 1.165) is 70.9 Å². The summed E-state index contributed by atoms with van der Waals surface area (Å²) in [6.45, 7) is 0. The van der Waals surface area contributed by atoms with E-state index in [0.29, 0.717) is 5.82 Å². The van der Waals surface area contributed by atoms with Crippen LogP contribution in [0.1, 0.15) is 0 Å². The minimum atomic E-state index is 0.712. The van der Waals surface area contributed by atoms with Gasteiger partial charge >= 0.3 is 0 Å². The summed E-state index contributed by atoms with van der Waals surface area (Å²) >= 11 is 1.76. The van der Waals surface area contributed by atoms with Crippen LogP contribution in [0, 0.1) is 0 Å². The molecular weight excluding hydrogens is 701 g/mol. The van der Waals surface area contributed by atoms with Crippen LogP contribution in [0.2, 0.25) is 0 Å². The van der Waals surface area contributed by atoms with E-state index in [1.54, 1.807) is 11.3 Å². The van der Waals surface area contributed by atoms with Gasteiger partial charge in [-0.25, -0.2) is 9.97 Å². The fraction of sp³-hybridized carbons (Fsp3) is 0. The van der Waals surface area contributed by atoms with E-state index in [-0.39, 0.29) is 0 Å². The fourth-order valence-electron chi connectivity index (χ4n) is 8.57. The zero-order chi connectivity index (χ0) is 36.7. The lowest BCUT2D eigenvalue weighted by atomic mass is 9.94. The van der Waals surface area contributed by atoms with E-state index in [1.807, 2.05) is 6.07 Å². The summed E-state index contributed by atoms with van der Waals surface area (Å²) in [5.74, 6) is 0.712. The Bertz CT molecular complexity index is 3540. The third-order valence-corrected chi connectivity index (χ3v) is 12.4. The molecule has 3 heterocycles. The number of rotatable bonds is 4. The Hall–Kier alpha value is -7.14. The number of nitrogens with zero attached hydrogens (tertiary/aromatic N) is 2. The first kappa shape index (κ1) is 31.2. The van der Waals surface area contributed by atoms with Crippen LogP contribution in [0.3, 0.4) is 0 Å². The lowest BCUT2D eigenvalue weighted by Crippen LogP contribution is -1.96. The van der Waals surface area contributed by atoms with Crippen LogP contribution in [-0.2, 0) is 0 Å². The van der Waals surface area contributed by atoms with E-state index < -0.39 is 0 Å². The molecule has 0 saturated heterocycles. The van der Waals surface area contributed by atoms with E-state index in [1.165, 1.54) is 42.8 Å². The van der Waals surface area contributed by atoms with Gasteiger partial charge in [0.05, 0.1) is 15.9 Å². The first-order valence-electron chi connectivity index (χ1n) is 18.9. The van der Waals surface area contributed by atoms with Crippen LogP contribution in [-0.4, -0.2) is 9.97 Å². The normalized spacial score (nSPS) is 11.9. The number of hydrogen-bond acceptors (Lipinski definition) is 4. The maximum absolute atomic E-state index is 6.66. The van der Waals surface area contributed by atoms with Crippen LogP contribution in [0.5, 0.6) is 0 Å². The minimum absolute atomic E-state index is 0.712. The molecule has 0 unspecified atom stereocenters. The van der Waals surface area contributed by atoms with Crippen molar-refractivity contribution in [2.24, 2.45) is 0 Å². The van der Waals surface area contributed by atoms with Gasteiger partial charge in [-0.2, -0.15) is 0 Å². The zero-order valence-corrected chi connectivity index (χ0v) is 30.8. The summed E-state index contributed by atoms with van der Waals surface area (Å²) in [5.41, 5.74) is 10.2. The van der Waals surface area contributed by atoms with Crippen LogP contribution in [0.25, 0.3) is 119 Å². The Morgan fingerprint density at radius 3 is 1.88 bits per heavy atom. The number of para-hydroxylation sites is 1. The van der Waals surface area contributed by atoms with E-state index in [9.17, 15) is 0 Å². The highest BCUT2D eigenvalue weighted by Crippen LogP contribution is 2.46. The van der Waals surface area contributed by atoms with Crippen molar-refractivity contribution >= 4 is 85.9 Å². The van der Waals surface area contributed by atoms with Crippen LogP contribution in [0.4, 0.5) is 0 Å². The largest absolute Gasteiger partial charge is 0.456 e. The zero-order valence-electron chi connectivity index (χ0n) is 30.0. The molecule has 3 nitrogen and oxygen atoms in total. The number of fused-ring (bicyclic) bond motifs is 10. The lowest BCUT2D eigenvalue weighted by Gasteiger charge is -2.13. The second-order valence-electron chi connectivity index (χ2n) is 14.5. The van der Waals surface area contributed by atoms with Crippen molar-refractivity contribution in [2.45, 2.75) is 0 Å². The molecule has 56 heavy (non-hydrogen) atoms. The second kappa shape index (κ2) is 12.2. The lowest BCUT2D eigenvalue weighted by molar-refractivity contribution is 0.669. The summed E-state index contributed by atoms with van der Waals surface area (Å²) in [4.78, 5) is 11.0. The second-order valence-corrected chi connectivity index (χ2v) is 15.5. The molecule has 0 amide bonds. The smallest absolute Gasteiger partial charge is 0.161 e. The highest BCUT2D eigenvalue weighted by atomic mass is 32.1. The van der Waals surface area contributed by atoms with Gasteiger partial charge in [-0.05, 0) is 91.0 Å². The average Bonchev–Trinajstić information content (AvgIpc) is 3.84.